The first-order chi connectivity index (χ1) is 15.4. The summed E-state index contributed by atoms with van der Waals surface area (Å²) >= 11 is 6.15. The molecule has 162 valence electrons. The summed E-state index contributed by atoms with van der Waals surface area (Å²) in [5, 5.41) is 4.28. The molecule has 4 rings (SSSR count). The van der Waals surface area contributed by atoms with Crippen molar-refractivity contribution in [3.8, 4) is 16.9 Å². The van der Waals surface area contributed by atoms with Crippen LogP contribution in [0.15, 0.2) is 71.4 Å². The molecule has 0 fully saturated rings. The number of hydrogen-bond donors (Lipinski definition) is 1. The number of allylic oxidation sites excluding steroid dienone is 1. The number of anilines is 1. The smallest absolute Gasteiger partial charge is 0.248 e. The Bertz CT molecular complexity index is 1350. The van der Waals surface area contributed by atoms with Gasteiger partial charge in [-0.15, -0.1) is 0 Å². The molecule has 0 saturated heterocycles. The summed E-state index contributed by atoms with van der Waals surface area (Å²) in [7, 11) is 1.61. The first kappa shape index (κ1) is 21.7. The summed E-state index contributed by atoms with van der Waals surface area (Å²) in [4.78, 5) is 12.6. The Balaban J connectivity index is 1.75. The molecule has 0 bridgehead atoms. The van der Waals surface area contributed by atoms with E-state index in [0.29, 0.717) is 16.5 Å². The van der Waals surface area contributed by atoms with Gasteiger partial charge in [-0.3, -0.25) is 4.79 Å². The Labute approximate surface area is 192 Å². The number of fused-ring (bicyclic) bond motifs is 1. The Morgan fingerprint density at radius 2 is 1.84 bits per heavy atom. The average molecular weight is 446 g/mol. The van der Waals surface area contributed by atoms with E-state index in [-0.39, 0.29) is 5.91 Å². The summed E-state index contributed by atoms with van der Waals surface area (Å²) in [6.07, 6.45) is 3.32. The van der Waals surface area contributed by atoms with Crippen molar-refractivity contribution in [1.29, 1.82) is 0 Å². The van der Waals surface area contributed by atoms with Crippen molar-refractivity contribution < 1.29 is 13.9 Å². The third kappa shape index (κ3) is 4.27. The van der Waals surface area contributed by atoms with Gasteiger partial charge in [-0.1, -0.05) is 47.5 Å². The second kappa shape index (κ2) is 8.93. The van der Waals surface area contributed by atoms with Crippen molar-refractivity contribution in [3.05, 3.63) is 88.6 Å². The third-order valence-electron chi connectivity index (χ3n) is 5.47. The van der Waals surface area contributed by atoms with Gasteiger partial charge in [0.2, 0.25) is 5.91 Å². The molecule has 4 nitrogen and oxygen atoms in total. The number of rotatable bonds is 5. The summed E-state index contributed by atoms with van der Waals surface area (Å²) in [6, 6.07) is 17.4. The van der Waals surface area contributed by atoms with Gasteiger partial charge >= 0.3 is 0 Å². The zero-order chi connectivity index (χ0) is 22.8. The van der Waals surface area contributed by atoms with E-state index >= 15 is 0 Å². The number of methoxy groups -OCH3 is 1. The van der Waals surface area contributed by atoms with Gasteiger partial charge in [0.25, 0.3) is 0 Å². The van der Waals surface area contributed by atoms with Gasteiger partial charge in [0.15, 0.2) is 0 Å². The van der Waals surface area contributed by atoms with Crippen LogP contribution in [-0.2, 0) is 4.79 Å². The lowest BCUT2D eigenvalue weighted by Gasteiger charge is -2.11. The third-order valence-corrected chi connectivity index (χ3v) is 5.80. The summed E-state index contributed by atoms with van der Waals surface area (Å²) in [6.45, 7) is 6.05. The minimum atomic E-state index is -0.264. The van der Waals surface area contributed by atoms with Crippen molar-refractivity contribution in [3.63, 3.8) is 0 Å². The minimum Gasteiger partial charge on any atom is -0.496 e. The molecule has 0 spiro atoms. The maximum absolute atomic E-state index is 12.6. The number of carbonyl (C=O) groups is 1. The number of nitrogens with one attached hydrogen (secondary N) is 1. The van der Waals surface area contributed by atoms with Crippen molar-refractivity contribution >= 4 is 39.7 Å². The molecule has 1 aromatic heterocycles. The van der Waals surface area contributed by atoms with E-state index in [1.807, 2.05) is 31.2 Å². The summed E-state index contributed by atoms with van der Waals surface area (Å²) < 4.78 is 11.4. The fourth-order valence-electron chi connectivity index (χ4n) is 3.86. The SMILES string of the molecule is COc1cc2occ(-c3ccc(C)cc3C)c2cc1/C(C)=C/C(=O)Nc1ccccc1Cl. The lowest BCUT2D eigenvalue weighted by atomic mass is 9.96. The first-order valence-corrected chi connectivity index (χ1v) is 10.7. The van der Waals surface area contributed by atoms with Crippen LogP contribution in [0.2, 0.25) is 5.02 Å². The molecule has 3 aromatic carbocycles. The standard InChI is InChI=1S/C27H24ClNO3/c1-16-9-10-19(17(2)11-16)22-15-32-26-14-25(31-4)20(13-21(22)26)18(3)12-27(30)29-24-8-6-5-7-23(24)28/h5-15H,1-4H3,(H,29,30)/b18-12+. The number of aryl methyl sites for hydroxylation is 2. The van der Waals surface area contributed by atoms with Gasteiger partial charge in [-0.25, -0.2) is 0 Å². The zero-order valence-corrected chi connectivity index (χ0v) is 19.2. The van der Waals surface area contributed by atoms with Gasteiger partial charge in [-0.05, 0) is 55.7 Å². The van der Waals surface area contributed by atoms with Gasteiger partial charge in [0.1, 0.15) is 11.3 Å². The van der Waals surface area contributed by atoms with Crippen LogP contribution in [0.3, 0.4) is 0 Å². The highest BCUT2D eigenvalue weighted by Crippen LogP contribution is 2.38. The van der Waals surface area contributed by atoms with Gasteiger partial charge in [0.05, 0.1) is 24.1 Å². The van der Waals surface area contributed by atoms with E-state index in [0.717, 1.165) is 33.2 Å². The summed E-state index contributed by atoms with van der Waals surface area (Å²) in [5.74, 6) is 0.373. The van der Waals surface area contributed by atoms with Crippen molar-refractivity contribution in [2.24, 2.45) is 0 Å². The number of carbonyl (C=O) groups excluding carboxylic acids is 1. The number of para-hydroxylation sites is 1. The lowest BCUT2D eigenvalue weighted by Crippen LogP contribution is -2.09. The monoisotopic (exact) mass is 445 g/mol. The molecular weight excluding hydrogens is 422 g/mol. The second-order valence-corrected chi connectivity index (χ2v) is 8.22. The van der Waals surface area contributed by atoms with Crippen LogP contribution in [0.5, 0.6) is 5.75 Å². The number of benzene rings is 3. The topological polar surface area (TPSA) is 51.5 Å². The molecule has 0 saturated carbocycles. The second-order valence-electron chi connectivity index (χ2n) is 7.81. The highest BCUT2D eigenvalue weighted by atomic mass is 35.5. The molecule has 1 heterocycles. The Hall–Kier alpha value is -3.50. The van der Waals surface area contributed by atoms with E-state index in [1.54, 1.807) is 31.6 Å². The Morgan fingerprint density at radius 3 is 2.56 bits per heavy atom. The maximum Gasteiger partial charge on any atom is 0.248 e. The quantitative estimate of drug-likeness (QED) is 0.325. The van der Waals surface area contributed by atoms with Gasteiger partial charge < -0.3 is 14.5 Å². The predicted octanol–water partition coefficient (Wildman–Crippen LogP) is 7.42. The van der Waals surface area contributed by atoms with Crippen molar-refractivity contribution in [1.82, 2.24) is 0 Å². The molecule has 4 aromatic rings. The van der Waals surface area contributed by atoms with Crippen LogP contribution >= 0.6 is 11.6 Å². The average Bonchev–Trinajstić information content (AvgIpc) is 3.17. The van der Waals surface area contributed by atoms with Crippen LogP contribution < -0.4 is 10.1 Å². The van der Waals surface area contributed by atoms with Crippen LogP contribution in [0.25, 0.3) is 27.7 Å². The molecule has 1 N–H and O–H groups in total. The largest absolute Gasteiger partial charge is 0.496 e. The minimum absolute atomic E-state index is 0.264. The first-order valence-electron chi connectivity index (χ1n) is 10.3. The zero-order valence-electron chi connectivity index (χ0n) is 18.5. The molecule has 32 heavy (non-hydrogen) atoms. The van der Waals surface area contributed by atoms with Crippen LogP contribution in [0.1, 0.15) is 23.6 Å². The van der Waals surface area contributed by atoms with E-state index in [2.05, 4.69) is 37.4 Å². The molecule has 5 heteroatoms. The molecule has 0 aliphatic rings. The fraction of sp³-hybridized carbons (Fsp3) is 0.148. The fourth-order valence-corrected chi connectivity index (χ4v) is 4.05. The Morgan fingerprint density at radius 1 is 1.06 bits per heavy atom. The lowest BCUT2D eigenvalue weighted by molar-refractivity contribution is -0.111. The molecule has 0 radical (unpaired) electrons. The molecule has 0 unspecified atom stereocenters. The highest BCUT2D eigenvalue weighted by molar-refractivity contribution is 6.33. The van der Waals surface area contributed by atoms with Gasteiger partial charge in [0, 0.05) is 28.7 Å². The van der Waals surface area contributed by atoms with E-state index in [9.17, 15) is 4.79 Å². The van der Waals surface area contributed by atoms with E-state index in [4.69, 9.17) is 20.8 Å². The number of hydrogen-bond acceptors (Lipinski definition) is 3. The predicted molar refractivity (Wildman–Crippen MR) is 131 cm³/mol. The normalized spacial score (nSPS) is 11.6. The van der Waals surface area contributed by atoms with E-state index in [1.165, 1.54) is 11.1 Å². The highest BCUT2D eigenvalue weighted by Gasteiger charge is 2.16. The summed E-state index contributed by atoms with van der Waals surface area (Å²) in [5.41, 5.74) is 7.40. The van der Waals surface area contributed by atoms with E-state index < -0.39 is 0 Å². The van der Waals surface area contributed by atoms with Crippen molar-refractivity contribution in [2.75, 3.05) is 12.4 Å². The van der Waals surface area contributed by atoms with Crippen LogP contribution in [0, 0.1) is 13.8 Å². The molecular formula is C27H24ClNO3. The number of halogens is 1. The molecule has 0 atom stereocenters. The maximum atomic E-state index is 12.6. The number of ether oxygens (including phenoxy) is 1. The van der Waals surface area contributed by atoms with Gasteiger partial charge in [-0.2, -0.15) is 0 Å². The number of furan rings is 1. The van der Waals surface area contributed by atoms with Crippen LogP contribution in [-0.4, -0.2) is 13.0 Å². The van der Waals surface area contributed by atoms with Crippen molar-refractivity contribution in [2.45, 2.75) is 20.8 Å². The number of amides is 1. The molecule has 1 amide bonds. The molecule has 0 aliphatic heterocycles. The molecule has 0 aliphatic carbocycles. The van der Waals surface area contributed by atoms with Crippen LogP contribution in [0.4, 0.5) is 5.69 Å². The Kier molecular flexibility index (Phi) is 6.06.